The van der Waals surface area contributed by atoms with Crippen molar-refractivity contribution in [2.75, 3.05) is 0 Å². The number of halogens is 1. The zero-order chi connectivity index (χ0) is 15.8. The van der Waals surface area contributed by atoms with Gasteiger partial charge in [0.05, 0.1) is 0 Å². The number of nitrogens with zero attached hydrogens (tertiary/aromatic N) is 3. The summed E-state index contributed by atoms with van der Waals surface area (Å²) in [6.45, 7) is 0. The Kier molecular flexibility index (Phi) is 3.81. The summed E-state index contributed by atoms with van der Waals surface area (Å²) in [5, 5.41) is 19.8. The van der Waals surface area contributed by atoms with Crippen LogP contribution in [0.2, 0.25) is 0 Å². The Balaban J connectivity index is 1.78. The van der Waals surface area contributed by atoms with Gasteiger partial charge in [0, 0.05) is 4.47 Å². The van der Waals surface area contributed by atoms with E-state index in [0.717, 1.165) is 33.9 Å². The average Bonchev–Trinajstić information content (AvgIpc) is 2.98. The van der Waals surface area contributed by atoms with Gasteiger partial charge in [0.25, 0.3) is 0 Å². The molecule has 1 saturated carbocycles. The lowest BCUT2D eigenvalue weighted by atomic mass is 9.83. The summed E-state index contributed by atoms with van der Waals surface area (Å²) in [5.74, 6) is 0.765. The van der Waals surface area contributed by atoms with Crippen LogP contribution < -0.4 is 0 Å². The summed E-state index contributed by atoms with van der Waals surface area (Å²) >= 11 is 3.45. The number of phenolic OH excluding ortho intramolecular Hbond substituents is 1. The monoisotopic (exact) mass is 371 g/mol. The van der Waals surface area contributed by atoms with Gasteiger partial charge in [0.1, 0.15) is 22.5 Å². The highest BCUT2D eigenvalue weighted by molar-refractivity contribution is 9.10. The van der Waals surface area contributed by atoms with E-state index in [0.29, 0.717) is 17.4 Å². The zero-order valence-corrected chi connectivity index (χ0v) is 14.3. The highest BCUT2D eigenvalue weighted by atomic mass is 79.9. The standard InChI is InChI=1S/C18H18BrN3O/c19-13-9-10-15-16(11-13)21-22(20-15)17-8-4-7-14(18(17)23)12-5-2-1-3-6-12/h4,7-12,23H,1-3,5-6H2. The smallest absolute Gasteiger partial charge is 0.146 e. The normalized spacial score (nSPS) is 16.0. The highest BCUT2D eigenvalue weighted by Crippen LogP contribution is 2.39. The summed E-state index contributed by atoms with van der Waals surface area (Å²) in [5.41, 5.74) is 3.31. The van der Waals surface area contributed by atoms with E-state index in [1.165, 1.54) is 19.3 Å². The molecule has 4 nitrogen and oxygen atoms in total. The molecule has 0 spiro atoms. The number of aromatic hydroxyl groups is 1. The second-order valence-corrected chi connectivity index (χ2v) is 7.09. The minimum absolute atomic E-state index is 0.318. The summed E-state index contributed by atoms with van der Waals surface area (Å²) in [6.07, 6.45) is 6.09. The third-order valence-corrected chi connectivity index (χ3v) is 5.14. The van der Waals surface area contributed by atoms with Crippen molar-refractivity contribution in [1.29, 1.82) is 0 Å². The Morgan fingerprint density at radius 2 is 1.78 bits per heavy atom. The minimum Gasteiger partial charge on any atom is -0.505 e. The van der Waals surface area contributed by atoms with Gasteiger partial charge in [-0.05, 0) is 48.6 Å². The van der Waals surface area contributed by atoms with Gasteiger partial charge in [0.15, 0.2) is 0 Å². The first-order valence-electron chi connectivity index (χ1n) is 8.07. The lowest BCUT2D eigenvalue weighted by Crippen LogP contribution is -2.07. The van der Waals surface area contributed by atoms with Gasteiger partial charge in [0.2, 0.25) is 0 Å². The molecule has 1 aromatic heterocycles. The van der Waals surface area contributed by atoms with Crippen LogP contribution >= 0.6 is 15.9 Å². The van der Waals surface area contributed by atoms with Crippen LogP contribution in [0.3, 0.4) is 0 Å². The molecule has 1 N–H and O–H groups in total. The molecule has 1 aliphatic rings. The van der Waals surface area contributed by atoms with Crippen LogP contribution in [0.1, 0.15) is 43.6 Å². The summed E-state index contributed by atoms with van der Waals surface area (Å²) in [4.78, 5) is 1.54. The molecule has 1 heterocycles. The first-order valence-corrected chi connectivity index (χ1v) is 8.86. The summed E-state index contributed by atoms with van der Waals surface area (Å²) in [6, 6.07) is 11.7. The van der Waals surface area contributed by atoms with E-state index in [9.17, 15) is 5.11 Å². The van der Waals surface area contributed by atoms with Crippen molar-refractivity contribution >= 4 is 27.0 Å². The van der Waals surface area contributed by atoms with Gasteiger partial charge in [-0.25, -0.2) is 0 Å². The van der Waals surface area contributed by atoms with Gasteiger partial charge < -0.3 is 5.11 Å². The SMILES string of the molecule is Oc1c(C2CCCCC2)cccc1-n1nc2ccc(Br)cc2n1. The molecule has 3 aromatic rings. The van der Waals surface area contributed by atoms with Gasteiger partial charge in [-0.15, -0.1) is 15.0 Å². The Labute approximate surface area is 143 Å². The summed E-state index contributed by atoms with van der Waals surface area (Å²) < 4.78 is 0.970. The number of fused-ring (bicyclic) bond motifs is 1. The van der Waals surface area contributed by atoms with Crippen LogP contribution in [-0.4, -0.2) is 20.1 Å². The van der Waals surface area contributed by atoms with Crippen LogP contribution in [0.4, 0.5) is 0 Å². The second kappa shape index (κ2) is 5.96. The first-order chi connectivity index (χ1) is 11.2. The van der Waals surface area contributed by atoms with Crippen molar-refractivity contribution < 1.29 is 5.11 Å². The molecule has 2 aromatic carbocycles. The molecule has 4 rings (SSSR count). The van der Waals surface area contributed by atoms with E-state index in [1.807, 2.05) is 36.4 Å². The van der Waals surface area contributed by atoms with E-state index >= 15 is 0 Å². The average molecular weight is 372 g/mol. The maximum atomic E-state index is 10.8. The number of benzene rings is 2. The molecule has 0 aliphatic heterocycles. The molecule has 1 aliphatic carbocycles. The van der Waals surface area contributed by atoms with Crippen molar-refractivity contribution in [1.82, 2.24) is 15.0 Å². The third kappa shape index (κ3) is 2.74. The maximum Gasteiger partial charge on any atom is 0.146 e. The van der Waals surface area contributed by atoms with Gasteiger partial charge in [-0.1, -0.05) is 47.3 Å². The molecule has 0 radical (unpaired) electrons. The third-order valence-electron chi connectivity index (χ3n) is 4.65. The highest BCUT2D eigenvalue weighted by Gasteiger charge is 2.21. The number of hydrogen-bond donors (Lipinski definition) is 1. The van der Waals surface area contributed by atoms with Crippen LogP contribution in [0.25, 0.3) is 16.7 Å². The van der Waals surface area contributed by atoms with Gasteiger partial charge in [-0.3, -0.25) is 0 Å². The Morgan fingerprint density at radius 3 is 2.61 bits per heavy atom. The zero-order valence-electron chi connectivity index (χ0n) is 12.7. The van der Waals surface area contributed by atoms with Crippen LogP contribution in [0.5, 0.6) is 5.75 Å². The molecule has 1 fully saturated rings. The molecule has 0 unspecified atom stereocenters. The van der Waals surface area contributed by atoms with Crippen molar-refractivity contribution in [2.45, 2.75) is 38.0 Å². The Bertz CT molecular complexity index is 853. The number of phenols is 1. The van der Waals surface area contributed by atoms with Gasteiger partial charge in [-0.2, -0.15) is 0 Å². The lowest BCUT2D eigenvalue weighted by Gasteiger charge is -2.23. The predicted octanol–water partition coefficient (Wildman–Crippen LogP) is 4.94. The van der Waals surface area contributed by atoms with E-state index in [4.69, 9.17) is 0 Å². The molecule has 0 atom stereocenters. The van der Waals surface area contributed by atoms with Crippen LogP contribution in [0.15, 0.2) is 40.9 Å². The Morgan fingerprint density at radius 1 is 1.00 bits per heavy atom. The van der Waals surface area contributed by atoms with Crippen LogP contribution in [0, 0.1) is 0 Å². The summed E-state index contributed by atoms with van der Waals surface area (Å²) in [7, 11) is 0. The number of aromatic nitrogens is 3. The van der Waals surface area contributed by atoms with Gasteiger partial charge >= 0.3 is 0 Å². The molecule has 0 amide bonds. The van der Waals surface area contributed by atoms with Crippen molar-refractivity contribution in [3.05, 3.63) is 46.4 Å². The van der Waals surface area contributed by atoms with E-state index in [2.05, 4.69) is 26.1 Å². The van der Waals surface area contributed by atoms with Crippen molar-refractivity contribution in [3.63, 3.8) is 0 Å². The molecule has 23 heavy (non-hydrogen) atoms. The number of rotatable bonds is 2. The maximum absolute atomic E-state index is 10.8. The van der Waals surface area contributed by atoms with Crippen LogP contribution in [-0.2, 0) is 0 Å². The topological polar surface area (TPSA) is 50.9 Å². The van der Waals surface area contributed by atoms with Crippen molar-refractivity contribution in [2.24, 2.45) is 0 Å². The lowest BCUT2D eigenvalue weighted by molar-refractivity contribution is 0.411. The minimum atomic E-state index is 0.318. The fourth-order valence-corrected chi connectivity index (χ4v) is 3.80. The van der Waals surface area contributed by atoms with Crippen molar-refractivity contribution in [3.8, 4) is 11.4 Å². The fourth-order valence-electron chi connectivity index (χ4n) is 3.45. The van der Waals surface area contributed by atoms with E-state index < -0.39 is 0 Å². The number of para-hydroxylation sites is 1. The molecular weight excluding hydrogens is 354 g/mol. The quantitative estimate of drug-likeness (QED) is 0.694. The number of hydrogen-bond acceptors (Lipinski definition) is 3. The van der Waals surface area contributed by atoms with E-state index in [1.54, 1.807) is 4.80 Å². The second-order valence-electron chi connectivity index (χ2n) is 6.17. The first kappa shape index (κ1) is 14.7. The molecule has 118 valence electrons. The largest absolute Gasteiger partial charge is 0.505 e. The molecular formula is C18H18BrN3O. The van der Waals surface area contributed by atoms with E-state index in [-0.39, 0.29) is 0 Å². The fraction of sp³-hybridized carbons (Fsp3) is 0.333. The molecule has 5 heteroatoms. The molecule has 0 saturated heterocycles. The Hall–Kier alpha value is -1.88. The predicted molar refractivity (Wildman–Crippen MR) is 94.1 cm³/mol. The molecule has 0 bridgehead atoms.